The van der Waals surface area contributed by atoms with Gasteiger partial charge >= 0.3 is 5.97 Å². The molecule has 0 radical (unpaired) electrons. The molecule has 0 saturated carbocycles. The van der Waals surface area contributed by atoms with Crippen molar-refractivity contribution in [2.75, 3.05) is 18.1 Å². The molecule has 2 aromatic carbocycles. The maximum absolute atomic E-state index is 12.5. The van der Waals surface area contributed by atoms with Crippen LogP contribution in [-0.4, -0.2) is 45.2 Å². The Morgan fingerprint density at radius 3 is 2.72 bits per heavy atom. The van der Waals surface area contributed by atoms with Crippen LogP contribution in [0.1, 0.15) is 6.92 Å². The maximum atomic E-state index is 12.5. The van der Waals surface area contributed by atoms with E-state index in [1.165, 1.54) is 11.0 Å². The molecule has 0 aliphatic heterocycles. The number of anilines is 1. The van der Waals surface area contributed by atoms with Gasteiger partial charge in [-0.15, -0.1) is 5.10 Å². The summed E-state index contributed by atoms with van der Waals surface area (Å²) in [6.07, 6.45) is 1.30. The Balaban J connectivity index is 1.69. The maximum Gasteiger partial charge on any atom is 0.328 e. The summed E-state index contributed by atoms with van der Waals surface area (Å²) >= 11 is 0. The van der Waals surface area contributed by atoms with Crippen LogP contribution >= 0.6 is 0 Å². The van der Waals surface area contributed by atoms with E-state index in [-0.39, 0.29) is 19.1 Å². The molecule has 0 aliphatic carbocycles. The number of likely N-dealkylation sites (N-methyl/N-ethyl adjacent to an activating group) is 1. The van der Waals surface area contributed by atoms with Crippen molar-refractivity contribution in [3.63, 3.8) is 0 Å². The molecule has 0 aliphatic rings. The number of ether oxygens (including phenoxy) is 1. The number of rotatable bonds is 6. The number of hydrogen-bond acceptors (Lipinski definition) is 6. The molecule has 1 heterocycles. The van der Waals surface area contributed by atoms with Crippen molar-refractivity contribution in [1.82, 2.24) is 20.2 Å². The van der Waals surface area contributed by atoms with Crippen LogP contribution in [0, 0.1) is 0 Å². The molecule has 128 valence electrons. The molecule has 8 nitrogen and oxygen atoms in total. The smallest absolute Gasteiger partial charge is 0.328 e. The number of hydrogen-bond donors (Lipinski definition) is 0. The Labute approximate surface area is 144 Å². The van der Waals surface area contributed by atoms with E-state index in [1.807, 2.05) is 49.4 Å². The predicted molar refractivity (Wildman–Crippen MR) is 90.8 cm³/mol. The van der Waals surface area contributed by atoms with Crippen molar-refractivity contribution >= 4 is 28.3 Å². The minimum Gasteiger partial charge on any atom is -0.454 e. The van der Waals surface area contributed by atoms with Gasteiger partial charge in [-0.05, 0) is 28.8 Å². The second-order valence-corrected chi connectivity index (χ2v) is 5.30. The molecule has 0 N–H and O–H groups in total. The van der Waals surface area contributed by atoms with Gasteiger partial charge in [0.05, 0.1) is 5.69 Å². The summed E-state index contributed by atoms with van der Waals surface area (Å²) < 4.78 is 6.28. The van der Waals surface area contributed by atoms with Gasteiger partial charge in [-0.2, -0.15) is 0 Å². The predicted octanol–water partition coefficient (Wildman–Crippen LogP) is 1.42. The van der Waals surface area contributed by atoms with E-state index >= 15 is 0 Å². The van der Waals surface area contributed by atoms with Crippen LogP contribution in [0.3, 0.4) is 0 Å². The van der Waals surface area contributed by atoms with E-state index in [0.717, 1.165) is 16.5 Å². The first-order valence-electron chi connectivity index (χ1n) is 7.83. The summed E-state index contributed by atoms with van der Waals surface area (Å²) in [5.74, 6) is -0.862. The van der Waals surface area contributed by atoms with Gasteiger partial charge in [-0.1, -0.05) is 36.4 Å². The topological polar surface area (TPSA) is 90.2 Å². The lowest BCUT2D eigenvalue weighted by atomic mass is 10.1. The van der Waals surface area contributed by atoms with Crippen LogP contribution in [0.2, 0.25) is 0 Å². The first-order chi connectivity index (χ1) is 12.2. The summed E-state index contributed by atoms with van der Waals surface area (Å²) in [6.45, 7) is 1.87. The van der Waals surface area contributed by atoms with Crippen molar-refractivity contribution in [1.29, 1.82) is 0 Å². The van der Waals surface area contributed by atoms with E-state index < -0.39 is 5.97 Å². The molecule has 25 heavy (non-hydrogen) atoms. The summed E-state index contributed by atoms with van der Waals surface area (Å²) in [7, 11) is 0. The van der Waals surface area contributed by atoms with E-state index in [9.17, 15) is 9.59 Å². The number of tetrazole rings is 1. The number of amides is 1. The third-order valence-electron chi connectivity index (χ3n) is 3.71. The summed E-state index contributed by atoms with van der Waals surface area (Å²) in [6, 6.07) is 13.6. The van der Waals surface area contributed by atoms with E-state index in [1.54, 1.807) is 4.90 Å². The highest BCUT2D eigenvalue weighted by molar-refractivity contribution is 6.04. The van der Waals surface area contributed by atoms with E-state index in [2.05, 4.69) is 15.5 Å². The standard InChI is InChI=1S/C17H17N5O3/c1-2-22(15-9-5-7-13-6-3-4-8-14(13)15)16(23)11-25-17(24)10-21-12-18-19-20-21/h3-9,12H,2,10-11H2,1H3. The van der Waals surface area contributed by atoms with Gasteiger partial charge in [0.2, 0.25) is 0 Å². The van der Waals surface area contributed by atoms with E-state index in [4.69, 9.17) is 4.74 Å². The number of nitrogens with zero attached hydrogens (tertiary/aromatic N) is 5. The zero-order chi connectivity index (χ0) is 17.6. The van der Waals surface area contributed by atoms with E-state index in [0.29, 0.717) is 6.54 Å². The van der Waals surface area contributed by atoms with Crippen molar-refractivity contribution in [2.45, 2.75) is 13.5 Å². The molecule has 1 amide bonds. The van der Waals surface area contributed by atoms with Crippen molar-refractivity contribution in [2.24, 2.45) is 0 Å². The normalized spacial score (nSPS) is 10.6. The molecule has 8 heteroatoms. The van der Waals surface area contributed by atoms with Crippen LogP contribution in [0.25, 0.3) is 10.8 Å². The monoisotopic (exact) mass is 339 g/mol. The summed E-state index contributed by atoms with van der Waals surface area (Å²) in [5, 5.41) is 12.5. The Hall–Kier alpha value is -3.29. The lowest BCUT2D eigenvalue weighted by Gasteiger charge is -2.22. The van der Waals surface area contributed by atoms with Crippen LogP contribution in [-0.2, 0) is 20.9 Å². The third kappa shape index (κ3) is 3.79. The molecule has 1 aromatic heterocycles. The zero-order valence-corrected chi connectivity index (χ0v) is 13.7. The molecule has 0 unspecified atom stereocenters. The van der Waals surface area contributed by atoms with Crippen LogP contribution in [0.4, 0.5) is 5.69 Å². The largest absolute Gasteiger partial charge is 0.454 e. The van der Waals surface area contributed by atoms with Gasteiger partial charge in [0.1, 0.15) is 12.9 Å². The highest BCUT2D eigenvalue weighted by Crippen LogP contribution is 2.26. The molecule has 0 fully saturated rings. The number of aromatic nitrogens is 4. The highest BCUT2D eigenvalue weighted by atomic mass is 16.5. The second-order valence-electron chi connectivity index (χ2n) is 5.30. The Morgan fingerprint density at radius 2 is 1.96 bits per heavy atom. The number of benzene rings is 2. The number of carbonyl (C=O) groups is 2. The van der Waals surface area contributed by atoms with Gasteiger partial charge in [-0.3, -0.25) is 9.59 Å². The number of esters is 1. The SMILES string of the molecule is CCN(C(=O)COC(=O)Cn1cnnn1)c1cccc2ccccc12. The van der Waals surface area contributed by atoms with Crippen LogP contribution < -0.4 is 4.90 Å². The molecule has 0 saturated heterocycles. The Kier molecular flexibility index (Phi) is 4.98. The highest BCUT2D eigenvalue weighted by Gasteiger charge is 2.18. The van der Waals surface area contributed by atoms with Crippen molar-refractivity contribution in [3.8, 4) is 0 Å². The minimum atomic E-state index is -0.574. The molecular weight excluding hydrogens is 322 g/mol. The summed E-state index contributed by atoms with van der Waals surface area (Å²) in [5.41, 5.74) is 0.794. The molecule has 0 spiro atoms. The van der Waals surface area contributed by atoms with Gasteiger partial charge in [0.25, 0.3) is 5.91 Å². The minimum absolute atomic E-state index is 0.138. The zero-order valence-electron chi connectivity index (χ0n) is 13.7. The molecule has 3 rings (SSSR count). The number of carbonyl (C=O) groups excluding carboxylic acids is 2. The fraction of sp³-hybridized carbons (Fsp3) is 0.235. The van der Waals surface area contributed by atoms with Gasteiger partial charge in [0, 0.05) is 11.9 Å². The number of fused-ring (bicyclic) bond motifs is 1. The second kappa shape index (κ2) is 7.52. The third-order valence-corrected chi connectivity index (χ3v) is 3.71. The molecular formula is C17H17N5O3. The van der Waals surface area contributed by atoms with Crippen LogP contribution in [0.15, 0.2) is 48.8 Å². The van der Waals surface area contributed by atoms with Gasteiger partial charge in [-0.25, -0.2) is 4.68 Å². The lowest BCUT2D eigenvalue weighted by Crippen LogP contribution is -2.35. The molecule has 3 aromatic rings. The molecule has 0 atom stereocenters. The summed E-state index contributed by atoms with van der Waals surface area (Å²) in [4.78, 5) is 25.9. The van der Waals surface area contributed by atoms with Gasteiger partial charge < -0.3 is 9.64 Å². The fourth-order valence-electron chi connectivity index (χ4n) is 2.58. The average molecular weight is 339 g/mol. The lowest BCUT2D eigenvalue weighted by molar-refractivity contribution is -0.148. The first kappa shape index (κ1) is 16.6. The first-order valence-corrected chi connectivity index (χ1v) is 7.83. The quantitative estimate of drug-likeness (QED) is 0.631. The van der Waals surface area contributed by atoms with Gasteiger partial charge in [0.15, 0.2) is 6.61 Å². The van der Waals surface area contributed by atoms with Crippen molar-refractivity contribution in [3.05, 3.63) is 48.8 Å². The Morgan fingerprint density at radius 1 is 1.16 bits per heavy atom. The average Bonchev–Trinajstić information content (AvgIpc) is 3.14. The van der Waals surface area contributed by atoms with Crippen LogP contribution in [0.5, 0.6) is 0 Å². The molecule has 0 bridgehead atoms. The van der Waals surface area contributed by atoms with Crippen molar-refractivity contribution < 1.29 is 14.3 Å². The fourth-order valence-corrected chi connectivity index (χ4v) is 2.58. The Bertz CT molecular complexity index is 874.